The van der Waals surface area contributed by atoms with Gasteiger partial charge < -0.3 is 9.64 Å². The molecule has 0 aromatic rings. The van der Waals surface area contributed by atoms with Crippen LogP contribution in [0.3, 0.4) is 0 Å². The first-order chi connectivity index (χ1) is 6.73. The van der Waals surface area contributed by atoms with E-state index >= 15 is 0 Å². The summed E-state index contributed by atoms with van der Waals surface area (Å²) in [5.41, 5.74) is -1.10. The fourth-order valence-corrected chi connectivity index (χ4v) is 1.45. The summed E-state index contributed by atoms with van der Waals surface area (Å²) in [6, 6.07) is 0. The van der Waals surface area contributed by atoms with Gasteiger partial charge in [0, 0.05) is 13.6 Å². The van der Waals surface area contributed by atoms with E-state index < -0.39 is 11.4 Å². The van der Waals surface area contributed by atoms with Gasteiger partial charge >= 0.3 is 5.97 Å². The second-order valence-corrected chi connectivity index (χ2v) is 4.70. The van der Waals surface area contributed by atoms with Gasteiger partial charge in [-0.3, -0.25) is 9.59 Å². The summed E-state index contributed by atoms with van der Waals surface area (Å²) in [6.07, 6.45) is 0. The smallest absolute Gasteiger partial charge is 0.320 e. The largest absolute Gasteiger partial charge is 0.468 e. The number of nitrogens with zero attached hydrogens (tertiary/aromatic N) is 1. The lowest BCUT2D eigenvalue weighted by Crippen LogP contribution is -2.45. The zero-order valence-corrected chi connectivity index (χ0v) is 10.5. The molecule has 0 radical (unpaired) electrons. The van der Waals surface area contributed by atoms with Crippen molar-refractivity contribution < 1.29 is 14.3 Å². The number of hydrogen-bond donors (Lipinski definition) is 0. The van der Waals surface area contributed by atoms with Crippen LogP contribution in [0.2, 0.25) is 0 Å². The first kappa shape index (κ1) is 13.9. The minimum Gasteiger partial charge on any atom is -0.468 e. The van der Waals surface area contributed by atoms with Crippen LogP contribution in [-0.4, -0.2) is 37.5 Å². The molecule has 0 rings (SSSR count). The third-order valence-electron chi connectivity index (χ3n) is 2.22. The van der Waals surface area contributed by atoms with Crippen molar-refractivity contribution in [2.75, 3.05) is 20.7 Å². The second kappa shape index (κ2) is 5.14. The topological polar surface area (TPSA) is 46.6 Å². The van der Waals surface area contributed by atoms with Gasteiger partial charge in [0.25, 0.3) is 0 Å². The van der Waals surface area contributed by atoms with Gasteiger partial charge in [0.1, 0.15) is 5.41 Å². The predicted molar refractivity (Wildman–Crippen MR) is 58.3 cm³/mol. The second-order valence-electron chi connectivity index (χ2n) is 4.70. The maximum atomic E-state index is 11.9. The van der Waals surface area contributed by atoms with E-state index in [0.717, 1.165) is 0 Å². The third-order valence-corrected chi connectivity index (χ3v) is 2.22. The van der Waals surface area contributed by atoms with Crippen LogP contribution < -0.4 is 0 Å². The molecule has 0 aromatic carbocycles. The van der Waals surface area contributed by atoms with Crippen molar-refractivity contribution in [2.24, 2.45) is 11.3 Å². The van der Waals surface area contributed by atoms with E-state index in [1.54, 1.807) is 25.8 Å². The fourth-order valence-electron chi connectivity index (χ4n) is 1.45. The molecule has 0 bridgehead atoms. The van der Waals surface area contributed by atoms with E-state index in [-0.39, 0.29) is 5.91 Å². The SMILES string of the molecule is COC(=O)C(C)(C)C(=O)N(C)CC(C)C. The molecule has 88 valence electrons. The molecule has 0 N–H and O–H groups in total. The van der Waals surface area contributed by atoms with Gasteiger partial charge in [-0.2, -0.15) is 0 Å². The summed E-state index contributed by atoms with van der Waals surface area (Å²) in [7, 11) is 2.99. The van der Waals surface area contributed by atoms with Crippen molar-refractivity contribution in [3.05, 3.63) is 0 Å². The van der Waals surface area contributed by atoms with Gasteiger partial charge in [-0.15, -0.1) is 0 Å². The lowest BCUT2D eigenvalue weighted by molar-refractivity contribution is -0.160. The van der Waals surface area contributed by atoms with Crippen LogP contribution in [0.15, 0.2) is 0 Å². The van der Waals surface area contributed by atoms with E-state index in [1.807, 2.05) is 13.8 Å². The van der Waals surface area contributed by atoms with E-state index in [9.17, 15) is 9.59 Å². The van der Waals surface area contributed by atoms with E-state index in [1.165, 1.54) is 7.11 Å². The number of amides is 1. The highest BCUT2D eigenvalue weighted by Gasteiger charge is 2.39. The van der Waals surface area contributed by atoms with Gasteiger partial charge in [0.2, 0.25) is 5.91 Å². The van der Waals surface area contributed by atoms with Crippen molar-refractivity contribution in [3.63, 3.8) is 0 Å². The predicted octanol–water partition coefficient (Wildman–Crippen LogP) is 1.30. The number of esters is 1. The Bertz CT molecular complexity index is 246. The molecule has 15 heavy (non-hydrogen) atoms. The summed E-state index contributed by atoms with van der Waals surface area (Å²) < 4.78 is 4.60. The van der Waals surface area contributed by atoms with Crippen molar-refractivity contribution in [1.82, 2.24) is 4.90 Å². The molecular weight excluding hydrogens is 194 g/mol. The first-order valence-electron chi connectivity index (χ1n) is 5.07. The Kier molecular flexibility index (Phi) is 4.78. The summed E-state index contributed by atoms with van der Waals surface area (Å²) in [6.45, 7) is 7.85. The Morgan fingerprint density at radius 1 is 1.33 bits per heavy atom. The van der Waals surface area contributed by atoms with Crippen LogP contribution in [0.5, 0.6) is 0 Å². The van der Waals surface area contributed by atoms with E-state index in [0.29, 0.717) is 12.5 Å². The minimum atomic E-state index is -1.10. The standard InChI is InChI=1S/C11H21NO3/c1-8(2)7-12(5)9(13)11(3,4)10(14)15-6/h8H,7H2,1-6H3. The van der Waals surface area contributed by atoms with Gasteiger partial charge in [0.05, 0.1) is 7.11 Å². The normalized spacial score (nSPS) is 11.4. The highest BCUT2D eigenvalue weighted by atomic mass is 16.5. The van der Waals surface area contributed by atoms with E-state index in [2.05, 4.69) is 4.74 Å². The van der Waals surface area contributed by atoms with Crippen LogP contribution >= 0.6 is 0 Å². The van der Waals surface area contributed by atoms with Crippen LogP contribution in [0.25, 0.3) is 0 Å². The molecule has 0 aliphatic heterocycles. The Balaban J connectivity index is 4.62. The Hall–Kier alpha value is -1.06. The molecule has 0 aliphatic carbocycles. The molecule has 4 nitrogen and oxygen atoms in total. The molecule has 0 fully saturated rings. The summed E-state index contributed by atoms with van der Waals surface area (Å²) >= 11 is 0. The van der Waals surface area contributed by atoms with Crippen LogP contribution in [-0.2, 0) is 14.3 Å². The zero-order valence-electron chi connectivity index (χ0n) is 10.5. The number of ether oxygens (including phenoxy) is 1. The highest BCUT2D eigenvalue weighted by molar-refractivity contribution is 6.01. The minimum absolute atomic E-state index is 0.206. The lowest BCUT2D eigenvalue weighted by atomic mass is 9.91. The average molecular weight is 215 g/mol. The summed E-state index contributed by atoms with van der Waals surface area (Å²) in [5.74, 6) is -0.321. The Morgan fingerprint density at radius 3 is 2.13 bits per heavy atom. The average Bonchev–Trinajstić information content (AvgIpc) is 2.13. The van der Waals surface area contributed by atoms with Crippen LogP contribution in [0, 0.1) is 11.3 Å². The molecule has 0 saturated carbocycles. The molecule has 0 aliphatic rings. The molecular formula is C11H21NO3. The van der Waals surface area contributed by atoms with Crippen molar-refractivity contribution >= 4 is 11.9 Å². The summed E-state index contributed by atoms with van der Waals surface area (Å²) in [5, 5.41) is 0. The number of methoxy groups -OCH3 is 1. The van der Waals surface area contributed by atoms with Crippen LogP contribution in [0.1, 0.15) is 27.7 Å². The maximum Gasteiger partial charge on any atom is 0.320 e. The fraction of sp³-hybridized carbons (Fsp3) is 0.818. The van der Waals surface area contributed by atoms with Crippen molar-refractivity contribution in [2.45, 2.75) is 27.7 Å². The lowest BCUT2D eigenvalue weighted by Gasteiger charge is -2.28. The summed E-state index contributed by atoms with van der Waals surface area (Å²) in [4.78, 5) is 24.9. The number of carbonyl (C=O) groups is 2. The van der Waals surface area contributed by atoms with Crippen molar-refractivity contribution in [1.29, 1.82) is 0 Å². The Labute approximate surface area is 91.6 Å². The zero-order chi connectivity index (χ0) is 12.2. The molecule has 0 heterocycles. The quantitative estimate of drug-likeness (QED) is 0.524. The van der Waals surface area contributed by atoms with Gasteiger partial charge in [-0.25, -0.2) is 0 Å². The Morgan fingerprint density at radius 2 is 1.80 bits per heavy atom. The molecule has 0 unspecified atom stereocenters. The molecule has 1 amide bonds. The highest BCUT2D eigenvalue weighted by Crippen LogP contribution is 2.20. The van der Waals surface area contributed by atoms with E-state index in [4.69, 9.17) is 0 Å². The van der Waals surface area contributed by atoms with Gasteiger partial charge in [0.15, 0.2) is 0 Å². The number of rotatable bonds is 4. The molecule has 0 atom stereocenters. The van der Waals surface area contributed by atoms with Crippen molar-refractivity contribution in [3.8, 4) is 0 Å². The van der Waals surface area contributed by atoms with Gasteiger partial charge in [-0.1, -0.05) is 13.8 Å². The molecule has 4 heteroatoms. The maximum absolute atomic E-state index is 11.9. The molecule has 0 saturated heterocycles. The molecule has 0 aromatic heterocycles. The van der Waals surface area contributed by atoms with Crippen LogP contribution in [0.4, 0.5) is 0 Å². The first-order valence-corrected chi connectivity index (χ1v) is 5.07. The monoisotopic (exact) mass is 215 g/mol. The number of hydrogen-bond acceptors (Lipinski definition) is 3. The number of carbonyl (C=O) groups excluding carboxylic acids is 2. The molecule has 0 spiro atoms. The third kappa shape index (κ3) is 3.53. The van der Waals surface area contributed by atoms with Gasteiger partial charge in [-0.05, 0) is 19.8 Å².